The van der Waals surface area contributed by atoms with Gasteiger partial charge in [-0.3, -0.25) is 12.2 Å². The summed E-state index contributed by atoms with van der Waals surface area (Å²) in [6.45, 7) is 0. The summed E-state index contributed by atoms with van der Waals surface area (Å²) in [6.07, 6.45) is 29.0. The van der Waals surface area contributed by atoms with Crippen LogP contribution in [0.1, 0.15) is 51.4 Å². The maximum absolute atomic E-state index is 9.88. The van der Waals surface area contributed by atoms with E-state index in [0.29, 0.717) is 0 Å². The molecule has 0 saturated carbocycles. The average Bonchev–Trinajstić information content (AvgIpc) is 2.34. The molecule has 0 saturated heterocycles. The first-order chi connectivity index (χ1) is 11.7. The first-order valence-electron chi connectivity index (χ1n) is 7.68. The first kappa shape index (κ1) is 26.5. The molecule has 0 aromatic rings. The monoisotopic (exact) mass is 545 g/mol. The zero-order valence-corrected chi connectivity index (χ0v) is 16.3. The molecule has 0 radical (unpaired) electrons. The molecule has 0 bridgehead atoms. The molecule has 0 aliphatic heterocycles. The predicted octanol–water partition coefficient (Wildman–Crippen LogP) is 4.58. The van der Waals surface area contributed by atoms with Crippen LogP contribution in [0.4, 0.5) is 13.0 Å². The zero-order chi connectivity index (χ0) is 19.4. The van der Waals surface area contributed by atoms with Gasteiger partial charge < -0.3 is 27.2 Å². The number of rotatable bonds is 0. The number of allylic oxidation sites excluding steroid dienone is 8. The molecule has 0 aromatic heterocycles. The summed E-state index contributed by atoms with van der Waals surface area (Å²) in [5.41, 5.74) is 0. The van der Waals surface area contributed by atoms with Gasteiger partial charge in [0.25, 0.3) is 0 Å². The third-order valence-electron chi connectivity index (χ3n) is 2.49. The van der Waals surface area contributed by atoms with Crippen molar-refractivity contribution in [2.24, 2.45) is 0 Å². The molecule has 0 unspecified atom stereocenters. The summed E-state index contributed by atoms with van der Waals surface area (Å²) >= 11 is -7.00. The van der Waals surface area contributed by atoms with E-state index in [2.05, 4.69) is 48.6 Å². The molecular formula is C16H25BF4IrO3-2. The molecule has 25 heavy (non-hydrogen) atoms. The van der Waals surface area contributed by atoms with Crippen LogP contribution >= 0.6 is 0 Å². The van der Waals surface area contributed by atoms with Crippen LogP contribution < -0.4 is 0 Å². The van der Waals surface area contributed by atoms with Crippen LogP contribution in [0.3, 0.4) is 0 Å². The van der Waals surface area contributed by atoms with Gasteiger partial charge >= 0.3 is 37.7 Å². The van der Waals surface area contributed by atoms with Crippen molar-refractivity contribution in [2.45, 2.75) is 51.4 Å². The van der Waals surface area contributed by atoms with Crippen molar-refractivity contribution in [1.29, 1.82) is 0 Å². The molecule has 9 heteroatoms. The van der Waals surface area contributed by atoms with Crippen molar-refractivity contribution in [1.82, 2.24) is 0 Å². The Morgan fingerprint density at radius 2 is 0.920 bits per heavy atom. The van der Waals surface area contributed by atoms with Gasteiger partial charge in [-0.25, -0.2) is 0 Å². The summed E-state index contributed by atoms with van der Waals surface area (Å²) in [6, 6.07) is 0. The van der Waals surface area contributed by atoms with E-state index in [9.17, 15) is 13.0 Å². The van der Waals surface area contributed by atoms with Gasteiger partial charge in [0.05, 0.1) is 0 Å². The summed E-state index contributed by atoms with van der Waals surface area (Å²) < 4.78 is 39.5. The van der Waals surface area contributed by atoms with Crippen molar-refractivity contribution in [2.75, 3.05) is 0 Å². The SMILES string of the molecule is OB(O)O.[C-]1=CCCC=CCC1.[C-]1=CCCC=CCC1.[F][Ir]([F])([F])[F]. The molecule has 2 aliphatic carbocycles. The Morgan fingerprint density at radius 1 is 0.640 bits per heavy atom. The Morgan fingerprint density at radius 3 is 1.24 bits per heavy atom. The third-order valence-corrected chi connectivity index (χ3v) is 2.49. The second kappa shape index (κ2) is 19.6. The van der Waals surface area contributed by atoms with Crippen molar-refractivity contribution in [3.05, 3.63) is 48.6 Å². The van der Waals surface area contributed by atoms with Crippen molar-refractivity contribution in [3.63, 3.8) is 0 Å². The van der Waals surface area contributed by atoms with E-state index in [0.717, 1.165) is 12.8 Å². The standard InChI is InChI=1S/2C8H11.BH3O3.4FH.Ir/c2*1-2-4-6-8-7-5-3-1;2-1(3)4;;;;;/h2*1-2,7H,3-6H2;2-4H;4*1H;/q2*-1;;;;;;+4/p-4. The molecule has 2 aliphatic rings. The van der Waals surface area contributed by atoms with Crippen molar-refractivity contribution >= 4 is 7.32 Å². The third kappa shape index (κ3) is 45.2. The van der Waals surface area contributed by atoms with Crippen LogP contribution in [0.25, 0.3) is 0 Å². The zero-order valence-electron chi connectivity index (χ0n) is 13.9. The van der Waals surface area contributed by atoms with Crippen LogP contribution in [-0.4, -0.2) is 22.4 Å². The van der Waals surface area contributed by atoms with Gasteiger partial charge in [0.15, 0.2) is 0 Å². The summed E-state index contributed by atoms with van der Waals surface area (Å²) in [5, 5.41) is 21.5. The first-order valence-corrected chi connectivity index (χ1v) is 11.3. The van der Waals surface area contributed by atoms with Gasteiger partial charge in [-0.05, 0) is 12.8 Å². The molecule has 0 spiro atoms. The van der Waals surface area contributed by atoms with Gasteiger partial charge in [0, 0.05) is 0 Å². The normalized spacial score (nSPS) is 16.9. The summed E-state index contributed by atoms with van der Waals surface area (Å²) in [5.74, 6) is 0. The van der Waals surface area contributed by atoms with Crippen LogP contribution in [0.2, 0.25) is 0 Å². The molecule has 0 amide bonds. The quantitative estimate of drug-likeness (QED) is 0.181. The van der Waals surface area contributed by atoms with Crippen molar-refractivity contribution < 1.29 is 45.4 Å². The van der Waals surface area contributed by atoms with E-state index in [4.69, 9.17) is 15.1 Å². The molecule has 3 nitrogen and oxygen atoms in total. The van der Waals surface area contributed by atoms with Crippen LogP contribution in [0.5, 0.6) is 0 Å². The Bertz CT molecular complexity index is 309. The fourth-order valence-electron chi connectivity index (χ4n) is 1.57. The van der Waals surface area contributed by atoms with Gasteiger partial charge in [0.1, 0.15) is 0 Å². The molecule has 2 rings (SSSR count). The summed E-state index contributed by atoms with van der Waals surface area (Å²) in [4.78, 5) is 0. The van der Waals surface area contributed by atoms with E-state index in [1.54, 1.807) is 0 Å². The molecule has 3 N–H and O–H groups in total. The minimum atomic E-state index is -7.00. The molecule has 0 atom stereocenters. The van der Waals surface area contributed by atoms with Gasteiger partial charge in [-0.1, -0.05) is 50.0 Å². The van der Waals surface area contributed by atoms with Crippen LogP contribution in [-0.2, 0) is 17.3 Å². The Balaban J connectivity index is 0. The Hall–Kier alpha value is -0.726. The second-order valence-corrected chi connectivity index (χ2v) is 6.68. The van der Waals surface area contributed by atoms with Crippen molar-refractivity contribution in [3.8, 4) is 0 Å². The number of halogens is 4. The summed E-state index contributed by atoms with van der Waals surface area (Å²) in [7, 11) is -2.17. The second-order valence-electron chi connectivity index (χ2n) is 4.62. The molecule has 0 fully saturated rings. The Kier molecular flexibility index (Phi) is 20.8. The number of hydrogen-bond donors (Lipinski definition) is 3. The van der Waals surface area contributed by atoms with E-state index in [1.807, 2.05) is 0 Å². The Labute approximate surface area is 153 Å². The van der Waals surface area contributed by atoms with E-state index in [-0.39, 0.29) is 0 Å². The van der Waals surface area contributed by atoms with E-state index < -0.39 is 24.6 Å². The van der Waals surface area contributed by atoms with E-state index in [1.165, 1.54) is 38.5 Å². The van der Waals surface area contributed by atoms with E-state index >= 15 is 0 Å². The van der Waals surface area contributed by atoms with Gasteiger partial charge in [0.2, 0.25) is 0 Å². The molecule has 0 aromatic carbocycles. The molecule has 149 valence electrons. The number of hydrogen-bond acceptors (Lipinski definition) is 3. The minimum absolute atomic E-state index is 1.11. The van der Waals surface area contributed by atoms with Gasteiger partial charge in [-0.15, -0.1) is 0 Å². The fraction of sp³-hybridized carbons (Fsp3) is 0.500. The van der Waals surface area contributed by atoms with Crippen LogP contribution in [0.15, 0.2) is 36.5 Å². The topological polar surface area (TPSA) is 60.7 Å². The average molecular weight is 544 g/mol. The molecule has 0 heterocycles. The molecular weight excluding hydrogens is 519 g/mol. The van der Waals surface area contributed by atoms with Gasteiger partial charge in [-0.2, -0.15) is 12.8 Å². The van der Waals surface area contributed by atoms with Crippen LogP contribution in [0, 0.1) is 12.2 Å². The fourth-order valence-corrected chi connectivity index (χ4v) is 1.57. The maximum atomic E-state index is 9.88. The predicted molar refractivity (Wildman–Crippen MR) is 87.7 cm³/mol.